The van der Waals surface area contributed by atoms with Gasteiger partial charge in [-0.25, -0.2) is 0 Å². The molecule has 2 rings (SSSR count). The molecule has 0 spiro atoms. The predicted molar refractivity (Wildman–Crippen MR) is 91.1 cm³/mol. The van der Waals surface area contributed by atoms with E-state index in [4.69, 9.17) is 4.74 Å². The van der Waals surface area contributed by atoms with E-state index in [1.165, 1.54) is 18.2 Å². The van der Waals surface area contributed by atoms with Crippen molar-refractivity contribution in [2.75, 3.05) is 11.9 Å². The van der Waals surface area contributed by atoms with Crippen molar-refractivity contribution in [1.29, 1.82) is 0 Å². The van der Waals surface area contributed by atoms with E-state index in [0.29, 0.717) is 12.3 Å². The quantitative estimate of drug-likeness (QED) is 0.620. The highest BCUT2D eigenvalue weighted by Crippen LogP contribution is 2.28. The van der Waals surface area contributed by atoms with Crippen LogP contribution in [0.3, 0.4) is 0 Å². The molecule has 7 heteroatoms. The Hall–Kier alpha value is -2.41. The average Bonchev–Trinajstić information content (AvgIpc) is 2.51. The van der Waals surface area contributed by atoms with E-state index in [1.807, 2.05) is 19.1 Å². The number of nitrogens with zero attached hydrogens (tertiary/aromatic N) is 1. The van der Waals surface area contributed by atoms with Crippen molar-refractivity contribution in [2.24, 2.45) is 0 Å². The Morgan fingerprint density at radius 2 is 2.04 bits per heavy atom. The van der Waals surface area contributed by atoms with Gasteiger partial charge in [0.05, 0.1) is 11.5 Å². The lowest BCUT2D eigenvalue weighted by atomic mass is 10.1. The molecule has 0 aromatic heterocycles. The Kier molecular flexibility index (Phi) is 5.33. The van der Waals surface area contributed by atoms with E-state index < -0.39 is 10.8 Å². The zero-order chi connectivity index (χ0) is 17.0. The molecule has 0 bridgehead atoms. The van der Waals surface area contributed by atoms with Crippen LogP contribution >= 0.6 is 15.9 Å². The molecule has 0 atom stereocenters. The molecule has 1 amide bonds. The molecule has 0 saturated carbocycles. The molecule has 120 valence electrons. The van der Waals surface area contributed by atoms with Crippen molar-refractivity contribution in [3.8, 4) is 5.75 Å². The fourth-order valence-corrected chi connectivity index (χ4v) is 2.25. The molecule has 0 unspecified atom stereocenters. The van der Waals surface area contributed by atoms with Gasteiger partial charge in [-0.1, -0.05) is 15.9 Å². The lowest BCUT2D eigenvalue weighted by Gasteiger charge is -2.09. The summed E-state index contributed by atoms with van der Waals surface area (Å²) in [4.78, 5) is 22.8. The van der Waals surface area contributed by atoms with Gasteiger partial charge in [0.25, 0.3) is 5.91 Å². The Morgan fingerprint density at radius 1 is 1.30 bits per heavy atom. The number of halogens is 1. The van der Waals surface area contributed by atoms with Crippen LogP contribution < -0.4 is 10.1 Å². The number of nitrogens with one attached hydrogen (secondary N) is 1. The number of rotatable bonds is 5. The van der Waals surface area contributed by atoms with E-state index in [9.17, 15) is 14.9 Å². The lowest BCUT2D eigenvalue weighted by molar-refractivity contribution is -0.385. The smallest absolute Gasteiger partial charge is 0.311 e. The molecule has 0 radical (unpaired) electrons. The second-order valence-electron chi connectivity index (χ2n) is 4.79. The summed E-state index contributed by atoms with van der Waals surface area (Å²) in [6.45, 7) is 3.95. The number of nitro benzene ring substituents is 1. The van der Waals surface area contributed by atoms with Gasteiger partial charge in [0, 0.05) is 21.8 Å². The maximum absolute atomic E-state index is 12.3. The van der Waals surface area contributed by atoms with Crippen LogP contribution in [0.1, 0.15) is 22.8 Å². The minimum absolute atomic E-state index is 0.147. The molecule has 2 aromatic carbocycles. The zero-order valence-electron chi connectivity index (χ0n) is 12.6. The third kappa shape index (κ3) is 4.07. The number of hydrogen-bond acceptors (Lipinski definition) is 4. The standard InChI is InChI=1S/C16H15BrN2O4/c1-3-23-15-7-4-11(9-14(15)19(21)22)16(20)18-12-5-6-13(17)10(2)8-12/h4-9H,3H2,1-2H3,(H,18,20). The molecule has 23 heavy (non-hydrogen) atoms. The summed E-state index contributed by atoms with van der Waals surface area (Å²) in [6.07, 6.45) is 0. The predicted octanol–water partition coefficient (Wildman–Crippen LogP) is 4.32. The summed E-state index contributed by atoms with van der Waals surface area (Å²) in [5.41, 5.74) is 1.56. The van der Waals surface area contributed by atoms with E-state index in [-0.39, 0.29) is 17.0 Å². The van der Waals surface area contributed by atoms with Crippen LogP contribution in [-0.4, -0.2) is 17.4 Å². The molecule has 1 N–H and O–H groups in total. The minimum Gasteiger partial charge on any atom is -0.487 e. The molecule has 0 aliphatic carbocycles. The number of anilines is 1. The summed E-state index contributed by atoms with van der Waals surface area (Å²) < 4.78 is 6.14. The van der Waals surface area contributed by atoms with Crippen molar-refractivity contribution in [3.05, 3.63) is 62.1 Å². The van der Waals surface area contributed by atoms with Crippen molar-refractivity contribution < 1.29 is 14.5 Å². The number of carbonyl (C=O) groups is 1. The molecular formula is C16H15BrN2O4. The van der Waals surface area contributed by atoms with Gasteiger partial charge >= 0.3 is 5.69 Å². The Labute approximate surface area is 141 Å². The molecule has 2 aromatic rings. The highest BCUT2D eigenvalue weighted by molar-refractivity contribution is 9.10. The third-order valence-corrected chi connectivity index (χ3v) is 4.02. The van der Waals surface area contributed by atoms with Crippen LogP contribution in [0.5, 0.6) is 5.75 Å². The van der Waals surface area contributed by atoms with Gasteiger partial charge in [0.1, 0.15) is 0 Å². The van der Waals surface area contributed by atoms with E-state index >= 15 is 0 Å². The van der Waals surface area contributed by atoms with E-state index in [2.05, 4.69) is 21.2 Å². The maximum Gasteiger partial charge on any atom is 0.311 e. The van der Waals surface area contributed by atoms with Gasteiger partial charge in [-0.3, -0.25) is 14.9 Å². The number of amides is 1. The van der Waals surface area contributed by atoms with Crippen molar-refractivity contribution in [3.63, 3.8) is 0 Å². The molecule has 0 fully saturated rings. The van der Waals surface area contributed by atoms with Gasteiger partial charge in [0.2, 0.25) is 0 Å². The third-order valence-electron chi connectivity index (χ3n) is 3.13. The summed E-state index contributed by atoms with van der Waals surface area (Å²) in [5.74, 6) is -0.272. The lowest BCUT2D eigenvalue weighted by Crippen LogP contribution is -2.12. The minimum atomic E-state index is -0.564. The Balaban J connectivity index is 2.26. The summed E-state index contributed by atoms with van der Waals surface area (Å²) >= 11 is 3.39. The van der Waals surface area contributed by atoms with Gasteiger partial charge in [0.15, 0.2) is 5.75 Å². The number of nitro groups is 1. The van der Waals surface area contributed by atoms with Gasteiger partial charge in [-0.2, -0.15) is 0 Å². The van der Waals surface area contributed by atoms with Crippen LogP contribution in [0.2, 0.25) is 0 Å². The molecule has 6 nitrogen and oxygen atoms in total. The SMILES string of the molecule is CCOc1ccc(C(=O)Nc2ccc(Br)c(C)c2)cc1[N+](=O)[O-]. The fourth-order valence-electron chi connectivity index (χ4n) is 2.00. The first kappa shape index (κ1) is 17.0. The summed E-state index contributed by atoms with van der Waals surface area (Å²) in [7, 11) is 0. The number of carbonyl (C=O) groups excluding carboxylic acids is 1. The van der Waals surface area contributed by atoms with Gasteiger partial charge in [-0.15, -0.1) is 0 Å². The zero-order valence-corrected chi connectivity index (χ0v) is 14.2. The average molecular weight is 379 g/mol. The highest BCUT2D eigenvalue weighted by Gasteiger charge is 2.18. The second-order valence-corrected chi connectivity index (χ2v) is 5.65. The molecule has 0 heterocycles. The molecular weight excluding hydrogens is 364 g/mol. The van der Waals surface area contributed by atoms with Crippen LogP contribution in [0.25, 0.3) is 0 Å². The maximum atomic E-state index is 12.3. The Morgan fingerprint density at radius 3 is 2.65 bits per heavy atom. The Bertz CT molecular complexity index is 762. The number of hydrogen-bond donors (Lipinski definition) is 1. The number of benzene rings is 2. The fraction of sp³-hybridized carbons (Fsp3) is 0.188. The second kappa shape index (κ2) is 7.23. The largest absolute Gasteiger partial charge is 0.487 e. The van der Waals surface area contributed by atoms with E-state index in [1.54, 1.807) is 13.0 Å². The summed E-state index contributed by atoms with van der Waals surface area (Å²) in [5, 5.41) is 13.8. The van der Waals surface area contributed by atoms with E-state index in [0.717, 1.165) is 10.0 Å². The van der Waals surface area contributed by atoms with Crippen molar-refractivity contribution in [2.45, 2.75) is 13.8 Å². The first-order valence-corrected chi connectivity index (χ1v) is 7.70. The number of aryl methyl sites for hydroxylation is 1. The molecule has 0 aliphatic rings. The van der Waals surface area contributed by atoms with Crippen LogP contribution in [-0.2, 0) is 0 Å². The normalized spacial score (nSPS) is 10.2. The first-order valence-electron chi connectivity index (χ1n) is 6.91. The monoisotopic (exact) mass is 378 g/mol. The van der Waals surface area contributed by atoms with Crippen molar-refractivity contribution >= 4 is 33.2 Å². The van der Waals surface area contributed by atoms with Crippen LogP contribution in [0.15, 0.2) is 40.9 Å². The van der Waals surface area contributed by atoms with Crippen molar-refractivity contribution in [1.82, 2.24) is 0 Å². The summed E-state index contributed by atoms with van der Waals surface area (Å²) in [6, 6.07) is 9.53. The number of ether oxygens (including phenoxy) is 1. The molecule has 0 saturated heterocycles. The van der Waals surface area contributed by atoms with Gasteiger partial charge < -0.3 is 10.1 Å². The van der Waals surface area contributed by atoms with Crippen LogP contribution in [0.4, 0.5) is 11.4 Å². The molecule has 0 aliphatic heterocycles. The van der Waals surface area contributed by atoms with Crippen LogP contribution in [0, 0.1) is 17.0 Å². The topological polar surface area (TPSA) is 81.5 Å². The highest BCUT2D eigenvalue weighted by atomic mass is 79.9. The van der Waals surface area contributed by atoms with Gasteiger partial charge in [-0.05, 0) is 49.7 Å². The first-order chi connectivity index (χ1) is 10.9.